The SMILES string of the molecule is CC1=C(Cc2ccc(N3CCCCC3)cc2)C(=O)C=C(N)C1=Nc1ccc(N2CCCCC2)cc1. The molecule has 2 saturated heterocycles. The molecule has 0 spiro atoms. The van der Waals surface area contributed by atoms with Gasteiger partial charge in [0.25, 0.3) is 0 Å². The largest absolute Gasteiger partial charge is 0.397 e. The number of anilines is 2. The molecule has 0 radical (unpaired) electrons. The van der Waals surface area contributed by atoms with Crippen LogP contribution < -0.4 is 15.5 Å². The third-order valence-corrected chi connectivity index (χ3v) is 7.52. The number of aliphatic imine (C=N–C) groups is 1. The number of benzene rings is 2. The molecule has 0 atom stereocenters. The lowest BCUT2D eigenvalue weighted by Gasteiger charge is -2.29. The van der Waals surface area contributed by atoms with Gasteiger partial charge in [-0.1, -0.05) is 12.1 Å². The first-order valence-corrected chi connectivity index (χ1v) is 13.1. The summed E-state index contributed by atoms with van der Waals surface area (Å²) < 4.78 is 0. The summed E-state index contributed by atoms with van der Waals surface area (Å²) in [6.07, 6.45) is 9.81. The van der Waals surface area contributed by atoms with E-state index in [4.69, 9.17) is 10.7 Å². The minimum atomic E-state index is -0.0143. The van der Waals surface area contributed by atoms with Gasteiger partial charge in [-0.05, 0) is 93.0 Å². The maximum absolute atomic E-state index is 12.9. The predicted octanol–water partition coefficient (Wildman–Crippen LogP) is 5.72. The maximum Gasteiger partial charge on any atom is 0.184 e. The van der Waals surface area contributed by atoms with Crippen LogP contribution in [0, 0.1) is 0 Å². The second-order valence-electron chi connectivity index (χ2n) is 9.98. The van der Waals surface area contributed by atoms with Crippen molar-refractivity contribution in [3.63, 3.8) is 0 Å². The second kappa shape index (κ2) is 10.5. The van der Waals surface area contributed by atoms with Gasteiger partial charge >= 0.3 is 0 Å². The fourth-order valence-corrected chi connectivity index (χ4v) is 5.41. The van der Waals surface area contributed by atoms with Crippen molar-refractivity contribution < 1.29 is 4.79 Å². The molecule has 2 aromatic rings. The van der Waals surface area contributed by atoms with Crippen molar-refractivity contribution in [1.29, 1.82) is 0 Å². The molecule has 0 aromatic heterocycles. The third kappa shape index (κ3) is 5.34. The average Bonchev–Trinajstić information content (AvgIpc) is 2.91. The van der Waals surface area contributed by atoms with Crippen molar-refractivity contribution in [1.82, 2.24) is 0 Å². The van der Waals surface area contributed by atoms with Gasteiger partial charge in [0, 0.05) is 55.6 Å². The summed E-state index contributed by atoms with van der Waals surface area (Å²) in [5.74, 6) is -0.0143. The van der Waals surface area contributed by atoms with Gasteiger partial charge in [-0.25, -0.2) is 4.99 Å². The Morgan fingerprint density at radius 1 is 0.771 bits per heavy atom. The number of carbonyl (C=O) groups is 1. The highest BCUT2D eigenvalue weighted by atomic mass is 16.1. The van der Waals surface area contributed by atoms with Crippen molar-refractivity contribution in [3.05, 3.63) is 77.0 Å². The maximum atomic E-state index is 12.9. The quantitative estimate of drug-likeness (QED) is 0.570. The summed E-state index contributed by atoms with van der Waals surface area (Å²) in [5.41, 5.74) is 13.6. The van der Waals surface area contributed by atoms with Crippen LogP contribution in [0.2, 0.25) is 0 Å². The summed E-state index contributed by atoms with van der Waals surface area (Å²) in [7, 11) is 0. The molecule has 0 bridgehead atoms. The lowest BCUT2D eigenvalue weighted by atomic mass is 9.89. The highest BCUT2D eigenvalue weighted by molar-refractivity contribution is 6.24. The van der Waals surface area contributed by atoms with E-state index in [1.165, 1.54) is 56.0 Å². The Labute approximate surface area is 209 Å². The van der Waals surface area contributed by atoms with Crippen LogP contribution in [0.1, 0.15) is 51.0 Å². The minimum absolute atomic E-state index is 0.0143. The Morgan fingerprint density at radius 3 is 1.83 bits per heavy atom. The highest BCUT2D eigenvalue weighted by Gasteiger charge is 2.23. The van der Waals surface area contributed by atoms with E-state index in [0.717, 1.165) is 48.6 Å². The Morgan fingerprint density at radius 2 is 1.29 bits per heavy atom. The van der Waals surface area contributed by atoms with Gasteiger partial charge in [0.2, 0.25) is 0 Å². The normalized spacial score (nSPS) is 20.4. The van der Waals surface area contributed by atoms with Crippen LogP contribution in [-0.2, 0) is 11.2 Å². The number of hydrogen-bond acceptors (Lipinski definition) is 5. The summed E-state index contributed by atoms with van der Waals surface area (Å²) >= 11 is 0. The number of ketones is 1. The molecule has 0 saturated carbocycles. The molecule has 2 aliphatic heterocycles. The van der Waals surface area contributed by atoms with Crippen molar-refractivity contribution >= 4 is 28.6 Å². The Kier molecular flexibility index (Phi) is 7.03. The molecule has 35 heavy (non-hydrogen) atoms. The van der Waals surface area contributed by atoms with E-state index >= 15 is 0 Å². The van der Waals surface area contributed by atoms with Crippen molar-refractivity contribution in [2.24, 2.45) is 10.7 Å². The summed E-state index contributed by atoms with van der Waals surface area (Å²) in [4.78, 5) is 22.6. The first-order valence-electron chi connectivity index (χ1n) is 13.1. The topological polar surface area (TPSA) is 61.9 Å². The van der Waals surface area contributed by atoms with Crippen molar-refractivity contribution in [2.45, 2.75) is 51.9 Å². The molecule has 5 nitrogen and oxygen atoms in total. The molecule has 2 heterocycles. The van der Waals surface area contributed by atoms with E-state index in [1.807, 2.05) is 19.1 Å². The molecular weight excluding hydrogens is 432 g/mol. The molecule has 0 unspecified atom stereocenters. The standard InChI is InChI=1S/C30H36N4O/c1-22-27(20-23-8-12-25(13-9-23)33-16-4-2-5-17-33)29(35)21-28(31)30(22)32-24-10-14-26(15-11-24)34-18-6-3-7-19-34/h8-15,21H,2-7,16-20,31H2,1H3. The van der Waals surface area contributed by atoms with Gasteiger partial charge in [0.15, 0.2) is 5.78 Å². The number of nitrogens with two attached hydrogens (primary N) is 1. The molecule has 2 aromatic carbocycles. The number of allylic oxidation sites excluding steroid dienone is 3. The van der Waals surface area contributed by atoms with Gasteiger partial charge in [-0.2, -0.15) is 0 Å². The van der Waals surface area contributed by atoms with Crippen LogP contribution >= 0.6 is 0 Å². The summed E-state index contributed by atoms with van der Waals surface area (Å²) in [6, 6.07) is 17.1. The first kappa shape index (κ1) is 23.4. The van der Waals surface area contributed by atoms with E-state index < -0.39 is 0 Å². The molecule has 0 amide bonds. The zero-order valence-electron chi connectivity index (χ0n) is 20.8. The molecule has 1 aliphatic carbocycles. The van der Waals surface area contributed by atoms with Crippen LogP contribution in [0.4, 0.5) is 17.1 Å². The number of hydrogen-bond donors (Lipinski definition) is 1. The lowest BCUT2D eigenvalue weighted by molar-refractivity contribution is -0.111. The van der Waals surface area contributed by atoms with Crippen LogP contribution in [0.5, 0.6) is 0 Å². The fraction of sp³-hybridized carbons (Fsp3) is 0.400. The fourth-order valence-electron chi connectivity index (χ4n) is 5.41. The third-order valence-electron chi connectivity index (χ3n) is 7.52. The minimum Gasteiger partial charge on any atom is -0.397 e. The van der Waals surface area contributed by atoms with Crippen molar-refractivity contribution in [3.8, 4) is 0 Å². The monoisotopic (exact) mass is 468 g/mol. The number of piperidine rings is 2. The zero-order valence-corrected chi connectivity index (χ0v) is 20.8. The second-order valence-corrected chi connectivity index (χ2v) is 9.98. The number of carbonyl (C=O) groups excluding carboxylic acids is 1. The number of nitrogens with zero attached hydrogens (tertiary/aromatic N) is 3. The van der Waals surface area contributed by atoms with Gasteiger partial charge in [0.1, 0.15) is 0 Å². The van der Waals surface area contributed by atoms with E-state index in [1.54, 1.807) is 0 Å². The Bertz CT molecular complexity index is 1150. The molecule has 2 N–H and O–H groups in total. The zero-order chi connectivity index (χ0) is 24.2. The molecular formula is C30H36N4O. The molecule has 182 valence electrons. The van der Waals surface area contributed by atoms with Gasteiger partial charge in [0.05, 0.1) is 17.1 Å². The lowest BCUT2D eigenvalue weighted by Crippen LogP contribution is -2.29. The first-order chi connectivity index (χ1) is 17.1. The smallest absolute Gasteiger partial charge is 0.184 e. The van der Waals surface area contributed by atoms with Crippen LogP contribution in [0.15, 0.2) is 76.4 Å². The molecule has 2 fully saturated rings. The number of rotatable bonds is 5. The van der Waals surface area contributed by atoms with Crippen LogP contribution in [0.3, 0.4) is 0 Å². The van der Waals surface area contributed by atoms with E-state index in [0.29, 0.717) is 17.8 Å². The van der Waals surface area contributed by atoms with E-state index in [2.05, 4.69) is 46.2 Å². The summed E-state index contributed by atoms with van der Waals surface area (Å²) in [5, 5.41) is 0. The van der Waals surface area contributed by atoms with Crippen LogP contribution in [-0.4, -0.2) is 37.7 Å². The predicted molar refractivity (Wildman–Crippen MR) is 146 cm³/mol. The molecule has 3 aliphatic rings. The molecule has 5 heteroatoms. The van der Waals surface area contributed by atoms with Gasteiger partial charge in [-0.3, -0.25) is 4.79 Å². The van der Waals surface area contributed by atoms with E-state index in [-0.39, 0.29) is 5.78 Å². The van der Waals surface area contributed by atoms with Crippen LogP contribution in [0.25, 0.3) is 0 Å². The Balaban J connectivity index is 1.34. The summed E-state index contributed by atoms with van der Waals surface area (Å²) in [6.45, 7) is 6.47. The average molecular weight is 469 g/mol. The highest BCUT2D eigenvalue weighted by Crippen LogP contribution is 2.28. The van der Waals surface area contributed by atoms with E-state index in [9.17, 15) is 4.79 Å². The van der Waals surface area contributed by atoms with Crippen molar-refractivity contribution in [2.75, 3.05) is 36.0 Å². The van der Waals surface area contributed by atoms with Gasteiger partial charge in [-0.15, -0.1) is 0 Å². The Hall–Kier alpha value is -3.34. The molecule has 5 rings (SSSR count). The van der Waals surface area contributed by atoms with Gasteiger partial charge < -0.3 is 15.5 Å².